The van der Waals surface area contributed by atoms with Crippen molar-refractivity contribution >= 4 is 23.3 Å². The van der Waals surface area contributed by atoms with Gasteiger partial charge in [0.15, 0.2) is 0 Å². The molecular weight excluding hydrogens is 274 g/mol. The van der Waals surface area contributed by atoms with Gasteiger partial charge in [0.25, 0.3) is 0 Å². The molecule has 1 fully saturated rings. The zero-order chi connectivity index (χ0) is 14.8. The Hall–Kier alpha value is -1.22. The minimum Gasteiger partial charge on any atom is -0.465 e. The van der Waals surface area contributed by atoms with Gasteiger partial charge in [0, 0.05) is 11.1 Å². The van der Waals surface area contributed by atoms with Crippen LogP contribution in [-0.4, -0.2) is 19.1 Å². The summed E-state index contributed by atoms with van der Waals surface area (Å²) in [5, 5.41) is 4.08. The summed E-state index contributed by atoms with van der Waals surface area (Å²) in [5.74, 6) is -0.333. The van der Waals surface area contributed by atoms with Gasteiger partial charge < -0.3 is 10.1 Å². The maximum Gasteiger partial charge on any atom is 0.339 e. The fourth-order valence-electron chi connectivity index (χ4n) is 2.69. The first kappa shape index (κ1) is 15.2. The van der Waals surface area contributed by atoms with E-state index >= 15 is 0 Å². The minimum atomic E-state index is -0.333. The van der Waals surface area contributed by atoms with Crippen LogP contribution in [0.25, 0.3) is 0 Å². The van der Waals surface area contributed by atoms with Gasteiger partial charge in [-0.15, -0.1) is 0 Å². The van der Waals surface area contributed by atoms with Crippen LogP contribution in [0.1, 0.15) is 49.9 Å². The van der Waals surface area contributed by atoms with Gasteiger partial charge in [-0.3, -0.25) is 0 Å². The highest BCUT2D eigenvalue weighted by atomic mass is 35.5. The summed E-state index contributed by atoms with van der Waals surface area (Å²) in [6.07, 6.45) is 4.61. The third kappa shape index (κ3) is 3.66. The molecule has 0 aliphatic heterocycles. The number of nitrogens with one attached hydrogen (secondary N) is 1. The maximum absolute atomic E-state index is 11.8. The van der Waals surface area contributed by atoms with Crippen molar-refractivity contribution in [3.05, 3.63) is 28.8 Å². The summed E-state index contributed by atoms with van der Waals surface area (Å²) >= 11 is 6.04. The second-order valence-corrected chi connectivity index (χ2v) is 6.70. The molecule has 0 aromatic heterocycles. The van der Waals surface area contributed by atoms with Crippen molar-refractivity contribution in [3.8, 4) is 0 Å². The van der Waals surface area contributed by atoms with Crippen LogP contribution < -0.4 is 5.32 Å². The van der Waals surface area contributed by atoms with Crippen LogP contribution >= 0.6 is 11.6 Å². The van der Waals surface area contributed by atoms with E-state index in [2.05, 4.69) is 19.2 Å². The summed E-state index contributed by atoms with van der Waals surface area (Å²) in [6, 6.07) is 5.62. The standard InChI is InChI=1S/C16H22ClNO2/c1-16(2)8-6-12(7-9-16)18-14-10-11(17)4-5-13(14)15(19)20-3/h4-5,10,12,18H,6-9H2,1-3H3. The van der Waals surface area contributed by atoms with Crippen molar-refractivity contribution in [1.82, 2.24) is 0 Å². The number of methoxy groups -OCH3 is 1. The summed E-state index contributed by atoms with van der Waals surface area (Å²) in [4.78, 5) is 11.8. The average molecular weight is 296 g/mol. The van der Waals surface area contributed by atoms with E-state index in [4.69, 9.17) is 16.3 Å². The van der Waals surface area contributed by atoms with E-state index in [1.54, 1.807) is 18.2 Å². The Labute approximate surface area is 125 Å². The molecule has 1 saturated carbocycles. The molecule has 1 aromatic carbocycles. The van der Waals surface area contributed by atoms with E-state index in [0.29, 0.717) is 22.0 Å². The highest BCUT2D eigenvalue weighted by Gasteiger charge is 2.27. The first-order chi connectivity index (χ1) is 9.41. The molecule has 1 aliphatic rings. The lowest BCUT2D eigenvalue weighted by Crippen LogP contribution is -2.30. The largest absolute Gasteiger partial charge is 0.465 e. The molecule has 1 aliphatic carbocycles. The molecule has 4 heteroatoms. The lowest BCUT2D eigenvalue weighted by molar-refractivity contribution is 0.0601. The van der Waals surface area contributed by atoms with Crippen molar-refractivity contribution in [3.63, 3.8) is 0 Å². The van der Waals surface area contributed by atoms with Gasteiger partial charge in [0.2, 0.25) is 0 Å². The van der Waals surface area contributed by atoms with Crippen LogP contribution in [0.3, 0.4) is 0 Å². The van der Waals surface area contributed by atoms with Gasteiger partial charge in [-0.1, -0.05) is 25.4 Å². The van der Waals surface area contributed by atoms with Gasteiger partial charge in [-0.25, -0.2) is 4.79 Å². The fraction of sp³-hybridized carbons (Fsp3) is 0.562. The van der Waals surface area contributed by atoms with Crippen LogP contribution in [-0.2, 0) is 4.74 Å². The molecule has 20 heavy (non-hydrogen) atoms. The van der Waals surface area contributed by atoms with Crippen LogP contribution in [0.4, 0.5) is 5.69 Å². The first-order valence-electron chi connectivity index (χ1n) is 7.06. The van der Waals surface area contributed by atoms with Crippen LogP contribution in [0.15, 0.2) is 18.2 Å². The molecule has 0 spiro atoms. The van der Waals surface area contributed by atoms with Gasteiger partial charge >= 0.3 is 5.97 Å². The predicted molar refractivity (Wildman–Crippen MR) is 82.5 cm³/mol. The third-order valence-electron chi connectivity index (χ3n) is 4.09. The van der Waals surface area contributed by atoms with Gasteiger partial charge in [0.05, 0.1) is 18.4 Å². The van der Waals surface area contributed by atoms with E-state index in [0.717, 1.165) is 18.5 Å². The predicted octanol–water partition coefficient (Wildman–Crippen LogP) is 4.51. The number of halogens is 1. The molecule has 0 unspecified atom stereocenters. The summed E-state index contributed by atoms with van der Waals surface area (Å²) < 4.78 is 4.82. The van der Waals surface area contributed by atoms with E-state index in [1.165, 1.54) is 20.0 Å². The number of carbonyl (C=O) groups excluding carboxylic acids is 1. The van der Waals surface area contributed by atoms with Crippen LogP contribution in [0, 0.1) is 5.41 Å². The number of anilines is 1. The van der Waals surface area contributed by atoms with E-state index < -0.39 is 0 Å². The zero-order valence-electron chi connectivity index (χ0n) is 12.3. The summed E-state index contributed by atoms with van der Waals surface area (Å²) in [5.41, 5.74) is 1.74. The lowest BCUT2D eigenvalue weighted by atomic mass is 9.75. The number of benzene rings is 1. The second-order valence-electron chi connectivity index (χ2n) is 6.26. The lowest BCUT2D eigenvalue weighted by Gasteiger charge is -2.35. The number of hydrogen-bond acceptors (Lipinski definition) is 3. The van der Waals surface area contributed by atoms with Gasteiger partial charge in [0.1, 0.15) is 0 Å². The molecule has 110 valence electrons. The van der Waals surface area contributed by atoms with Crippen molar-refractivity contribution in [1.29, 1.82) is 0 Å². The van der Waals surface area contributed by atoms with Crippen molar-refractivity contribution in [2.24, 2.45) is 5.41 Å². The SMILES string of the molecule is COC(=O)c1ccc(Cl)cc1NC1CCC(C)(C)CC1. The smallest absolute Gasteiger partial charge is 0.339 e. The summed E-state index contributed by atoms with van der Waals surface area (Å²) in [6.45, 7) is 4.62. The Bertz CT molecular complexity index is 489. The molecule has 2 rings (SSSR count). The van der Waals surface area contributed by atoms with E-state index in [1.807, 2.05) is 0 Å². The summed E-state index contributed by atoms with van der Waals surface area (Å²) in [7, 11) is 1.39. The average Bonchev–Trinajstić information content (AvgIpc) is 2.40. The number of carbonyl (C=O) groups is 1. The maximum atomic E-state index is 11.8. The molecule has 0 bridgehead atoms. The Balaban J connectivity index is 2.12. The fourth-order valence-corrected chi connectivity index (χ4v) is 2.86. The van der Waals surface area contributed by atoms with Crippen LogP contribution in [0.2, 0.25) is 5.02 Å². The van der Waals surface area contributed by atoms with E-state index in [-0.39, 0.29) is 5.97 Å². The third-order valence-corrected chi connectivity index (χ3v) is 4.32. The van der Waals surface area contributed by atoms with Crippen molar-refractivity contribution < 1.29 is 9.53 Å². The van der Waals surface area contributed by atoms with E-state index in [9.17, 15) is 4.79 Å². The highest BCUT2D eigenvalue weighted by molar-refractivity contribution is 6.31. The molecule has 1 aromatic rings. The first-order valence-corrected chi connectivity index (χ1v) is 7.43. The van der Waals surface area contributed by atoms with Crippen molar-refractivity contribution in [2.75, 3.05) is 12.4 Å². The number of rotatable bonds is 3. The molecular formula is C16H22ClNO2. The molecule has 0 atom stereocenters. The van der Waals surface area contributed by atoms with Crippen LogP contribution in [0.5, 0.6) is 0 Å². The minimum absolute atomic E-state index is 0.333. The van der Waals surface area contributed by atoms with Crippen molar-refractivity contribution in [2.45, 2.75) is 45.6 Å². The molecule has 3 nitrogen and oxygen atoms in total. The monoisotopic (exact) mass is 295 g/mol. The highest BCUT2D eigenvalue weighted by Crippen LogP contribution is 2.36. The number of ether oxygens (including phenoxy) is 1. The zero-order valence-corrected chi connectivity index (χ0v) is 13.1. The quantitative estimate of drug-likeness (QED) is 0.834. The Morgan fingerprint density at radius 2 is 2.00 bits per heavy atom. The van der Waals surface area contributed by atoms with Gasteiger partial charge in [-0.05, 0) is 49.3 Å². The number of hydrogen-bond donors (Lipinski definition) is 1. The Morgan fingerprint density at radius 1 is 1.35 bits per heavy atom. The molecule has 1 N–H and O–H groups in total. The molecule has 0 heterocycles. The Morgan fingerprint density at radius 3 is 2.60 bits per heavy atom. The van der Waals surface area contributed by atoms with Gasteiger partial charge in [-0.2, -0.15) is 0 Å². The molecule has 0 saturated heterocycles. The number of esters is 1. The Kier molecular flexibility index (Phi) is 4.59. The second kappa shape index (κ2) is 6.04. The molecule has 0 radical (unpaired) electrons. The molecule has 0 amide bonds. The topological polar surface area (TPSA) is 38.3 Å². The normalized spacial score (nSPS) is 18.6.